The highest BCUT2D eigenvalue weighted by atomic mass is 35.5. The van der Waals surface area contributed by atoms with Crippen molar-refractivity contribution in [1.29, 1.82) is 0 Å². The molecule has 1 amide bonds. The molecule has 5 heteroatoms. The van der Waals surface area contributed by atoms with Crippen molar-refractivity contribution in [3.8, 4) is 0 Å². The summed E-state index contributed by atoms with van der Waals surface area (Å²) in [4.78, 5) is 16.7. The number of carbonyl (C=O) groups excluding carboxylic acids is 1. The predicted octanol–water partition coefficient (Wildman–Crippen LogP) is 2.18. The number of hydrogen-bond donors (Lipinski definition) is 1. The highest BCUT2D eigenvalue weighted by Crippen LogP contribution is 2.19. The maximum atomic E-state index is 12.6. The molecule has 0 aliphatic carbocycles. The van der Waals surface area contributed by atoms with Gasteiger partial charge in [-0.25, -0.2) is 0 Å². The zero-order chi connectivity index (χ0) is 15.6. The monoisotopic (exact) mass is 310 g/mol. The molecular weight excluding hydrogens is 288 g/mol. The Morgan fingerprint density at radius 3 is 2.71 bits per heavy atom. The van der Waals surface area contributed by atoms with Crippen LogP contribution in [-0.4, -0.2) is 59.1 Å². The van der Waals surface area contributed by atoms with Gasteiger partial charge < -0.3 is 10.0 Å². The summed E-state index contributed by atoms with van der Waals surface area (Å²) < 4.78 is 0. The first-order chi connectivity index (χ1) is 9.86. The van der Waals surface area contributed by atoms with E-state index in [1.165, 1.54) is 0 Å². The molecule has 0 spiro atoms. The van der Waals surface area contributed by atoms with Crippen molar-refractivity contribution in [2.24, 2.45) is 0 Å². The van der Waals surface area contributed by atoms with Gasteiger partial charge in [0.15, 0.2) is 0 Å². The van der Waals surface area contributed by atoms with Crippen LogP contribution in [0.2, 0.25) is 5.02 Å². The fourth-order valence-corrected chi connectivity index (χ4v) is 3.19. The van der Waals surface area contributed by atoms with Gasteiger partial charge in [-0.2, -0.15) is 0 Å². The van der Waals surface area contributed by atoms with E-state index in [9.17, 15) is 9.90 Å². The quantitative estimate of drug-likeness (QED) is 0.930. The topological polar surface area (TPSA) is 43.8 Å². The summed E-state index contributed by atoms with van der Waals surface area (Å²) in [6.45, 7) is 8.69. The molecule has 1 N–H and O–H groups in total. The Morgan fingerprint density at radius 1 is 1.43 bits per heavy atom. The van der Waals surface area contributed by atoms with Gasteiger partial charge in [0.05, 0.1) is 6.10 Å². The van der Waals surface area contributed by atoms with Crippen LogP contribution in [0.25, 0.3) is 0 Å². The number of amides is 1. The van der Waals surface area contributed by atoms with Crippen LogP contribution in [0.5, 0.6) is 0 Å². The van der Waals surface area contributed by atoms with E-state index in [1.54, 1.807) is 13.0 Å². The lowest BCUT2D eigenvalue weighted by atomic mass is 10.1. The second kappa shape index (κ2) is 6.77. The van der Waals surface area contributed by atoms with E-state index < -0.39 is 0 Å². The highest BCUT2D eigenvalue weighted by molar-refractivity contribution is 6.31. The minimum absolute atomic E-state index is 0.0322. The zero-order valence-corrected chi connectivity index (χ0v) is 13.6. The molecule has 1 aliphatic rings. The molecule has 1 heterocycles. The summed E-state index contributed by atoms with van der Waals surface area (Å²) in [5, 5.41) is 10.1. The number of aliphatic hydroxyl groups excluding tert-OH is 1. The molecule has 21 heavy (non-hydrogen) atoms. The number of β-amino-alcohol motifs (C(OH)–C–C–N with tert-alkyl or cyclic N) is 1. The van der Waals surface area contributed by atoms with Gasteiger partial charge in [-0.3, -0.25) is 9.69 Å². The summed E-state index contributed by atoms with van der Waals surface area (Å²) >= 11 is 6.04. The first kappa shape index (κ1) is 16.3. The lowest BCUT2D eigenvalue weighted by molar-refractivity contribution is 0.0383. The van der Waals surface area contributed by atoms with E-state index in [4.69, 9.17) is 11.6 Å². The van der Waals surface area contributed by atoms with Gasteiger partial charge >= 0.3 is 0 Å². The van der Waals surface area contributed by atoms with E-state index in [2.05, 4.69) is 4.90 Å². The largest absolute Gasteiger partial charge is 0.392 e. The Hall–Kier alpha value is -1.10. The second-order valence-electron chi connectivity index (χ2n) is 5.97. The molecular formula is C16H23ClN2O2. The number of benzene rings is 1. The molecule has 1 aliphatic heterocycles. The number of rotatable bonds is 3. The summed E-state index contributed by atoms with van der Waals surface area (Å²) in [7, 11) is 0. The van der Waals surface area contributed by atoms with Crippen LogP contribution >= 0.6 is 11.6 Å². The van der Waals surface area contributed by atoms with Crippen molar-refractivity contribution < 1.29 is 9.90 Å². The molecule has 1 fully saturated rings. The average Bonchev–Trinajstić information content (AvgIpc) is 2.36. The van der Waals surface area contributed by atoms with Crippen molar-refractivity contribution in [3.63, 3.8) is 0 Å². The van der Waals surface area contributed by atoms with Crippen LogP contribution in [0.1, 0.15) is 29.8 Å². The molecule has 116 valence electrons. The summed E-state index contributed by atoms with van der Waals surface area (Å²) in [6.07, 6.45) is -0.338. The van der Waals surface area contributed by atoms with Crippen LogP contribution in [0.4, 0.5) is 0 Å². The highest BCUT2D eigenvalue weighted by Gasteiger charge is 2.28. The van der Waals surface area contributed by atoms with Crippen LogP contribution < -0.4 is 0 Å². The molecule has 1 aromatic rings. The summed E-state index contributed by atoms with van der Waals surface area (Å²) in [6, 6.07) is 5.58. The van der Waals surface area contributed by atoms with Crippen molar-refractivity contribution in [2.75, 3.05) is 26.2 Å². The van der Waals surface area contributed by atoms with Gasteiger partial charge in [0.2, 0.25) is 0 Å². The minimum atomic E-state index is -0.338. The lowest BCUT2D eigenvalue weighted by Gasteiger charge is -2.40. The summed E-state index contributed by atoms with van der Waals surface area (Å²) in [5.74, 6) is 0.0322. The van der Waals surface area contributed by atoms with Crippen LogP contribution in [0.15, 0.2) is 18.2 Å². The van der Waals surface area contributed by atoms with Gasteiger partial charge in [-0.1, -0.05) is 11.6 Å². The molecule has 1 saturated heterocycles. The molecule has 0 saturated carbocycles. The Bertz CT molecular complexity index is 499. The lowest BCUT2D eigenvalue weighted by Crippen LogP contribution is -2.55. The standard InChI is InChI=1S/C16H23ClN2O2/c1-11-6-14(8-15(17)7-11)16(21)19-5-4-18(9-12(19)2)10-13(3)20/h6-8,12-13,20H,4-5,9-10H2,1-3H3/t12-,13-/m1/s1. The van der Waals surface area contributed by atoms with Crippen LogP contribution in [-0.2, 0) is 0 Å². The maximum Gasteiger partial charge on any atom is 0.254 e. The molecule has 0 bridgehead atoms. The van der Waals surface area contributed by atoms with Gasteiger partial charge in [0.1, 0.15) is 0 Å². The minimum Gasteiger partial charge on any atom is -0.392 e. The van der Waals surface area contributed by atoms with Crippen LogP contribution in [0, 0.1) is 6.92 Å². The van der Waals surface area contributed by atoms with Gasteiger partial charge in [0.25, 0.3) is 5.91 Å². The van der Waals surface area contributed by atoms with Crippen LogP contribution in [0.3, 0.4) is 0 Å². The number of aliphatic hydroxyl groups is 1. The van der Waals surface area contributed by atoms with Gasteiger partial charge in [-0.15, -0.1) is 0 Å². The number of carbonyl (C=O) groups is 1. The van der Waals surface area contributed by atoms with E-state index in [0.717, 1.165) is 18.7 Å². The Labute approximate surface area is 131 Å². The third kappa shape index (κ3) is 4.19. The molecule has 1 aromatic carbocycles. The van der Waals surface area contributed by atoms with Gasteiger partial charge in [-0.05, 0) is 44.5 Å². The van der Waals surface area contributed by atoms with E-state index in [1.807, 2.05) is 30.9 Å². The maximum absolute atomic E-state index is 12.6. The van der Waals surface area contributed by atoms with E-state index in [0.29, 0.717) is 23.7 Å². The average molecular weight is 311 g/mol. The summed E-state index contributed by atoms with van der Waals surface area (Å²) in [5.41, 5.74) is 1.64. The Balaban J connectivity index is 2.07. The van der Waals surface area contributed by atoms with E-state index >= 15 is 0 Å². The molecule has 4 nitrogen and oxygen atoms in total. The Kier molecular flexibility index (Phi) is 5.25. The third-order valence-corrected chi connectivity index (χ3v) is 4.00. The fraction of sp³-hybridized carbons (Fsp3) is 0.562. The van der Waals surface area contributed by atoms with Crippen molar-refractivity contribution >= 4 is 17.5 Å². The normalized spacial score (nSPS) is 21.4. The van der Waals surface area contributed by atoms with E-state index in [-0.39, 0.29) is 18.1 Å². The second-order valence-corrected chi connectivity index (χ2v) is 6.41. The smallest absolute Gasteiger partial charge is 0.254 e. The number of aryl methyl sites for hydroxylation is 1. The molecule has 0 unspecified atom stereocenters. The van der Waals surface area contributed by atoms with Gasteiger partial charge in [0, 0.05) is 42.8 Å². The first-order valence-corrected chi connectivity index (χ1v) is 7.73. The molecule has 0 aromatic heterocycles. The Morgan fingerprint density at radius 2 is 2.14 bits per heavy atom. The number of piperazine rings is 1. The van der Waals surface area contributed by atoms with Crippen molar-refractivity contribution in [1.82, 2.24) is 9.80 Å². The molecule has 0 radical (unpaired) electrons. The third-order valence-electron chi connectivity index (χ3n) is 3.78. The number of hydrogen-bond acceptors (Lipinski definition) is 3. The molecule has 2 rings (SSSR count). The van der Waals surface area contributed by atoms with Crippen molar-refractivity contribution in [2.45, 2.75) is 32.9 Å². The number of halogens is 1. The number of nitrogens with zero attached hydrogens (tertiary/aromatic N) is 2. The molecule has 2 atom stereocenters. The first-order valence-electron chi connectivity index (χ1n) is 7.35. The SMILES string of the molecule is Cc1cc(Cl)cc(C(=O)N2CCN(C[C@@H](C)O)C[C@H]2C)c1. The fourth-order valence-electron chi connectivity index (χ4n) is 2.90. The van der Waals surface area contributed by atoms with Crippen molar-refractivity contribution in [3.05, 3.63) is 34.3 Å². The zero-order valence-electron chi connectivity index (χ0n) is 12.8. The predicted molar refractivity (Wildman–Crippen MR) is 84.8 cm³/mol.